The van der Waals surface area contributed by atoms with Gasteiger partial charge in [0.1, 0.15) is 11.4 Å². The summed E-state index contributed by atoms with van der Waals surface area (Å²) in [6, 6.07) is 10.2. The quantitative estimate of drug-likeness (QED) is 0.571. The largest absolute Gasteiger partial charge is 1.00 e. The number of hydrogen-bond acceptors (Lipinski definition) is 5. The second-order valence-corrected chi connectivity index (χ2v) is 7.75. The predicted molar refractivity (Wildman–Crippen MR) is 103 cm³/mol. The smallest absolute Gasteiger partial charge is 0.560 e. The van der Waals surface area contributed by atoms with Crippen molar-refractivity contribution >= 4 is 10.0 Å². The molecular weight excluding hydrogens is 427 g/mol. The molecule has 7 nitrogen and oxygen atoms in total. The summed E-state index contributed by atoms with van der Waals surface area (Å²) in [5.41, 5.74) is 1.56. The first-order chi connectivity index (χ1) is 13.7. The van der Waals surface area contributed by atoms with E-state index in [1.54, 1.807) is 18.2 Å². The normalized spacial score (nSPS) is 11.4. The Hall–Kier alpha value is -1.82. The van der Waals surface area contributed by atoms with Crippen molar-refractivity contribution in [2.24, 2.45) is 0 Å². The van der Waals surface area contributed by atoms with E-state index >= 15 is 0 Å². The molecule has 2 N–H and O–H groups in total. The molecular formula is C19H18F2N3NaO4S. The topological polar surface area (TPSA) is 105 Å². The van der Waals surface area contributed by atoms with Gasteiger partial charge in [-0.05, 0) is 60.5 Å². The van der Waals surface area contributed by atoms with E-state index in [1.165, 1.54) is 30.0 Å². The summed E-state index contributed by atoms with van der Waals surface area (Å²) in [6.07, 6.45) is -2.81. The van der Waals surface area contributed by atoms with Crippen LogP contribution in [0.4, 0.5) is 8.78 Å². The van der Waals surface area contributed by atoms with Crippen LogP contribution >= 0.6 is 0 Å². The maximum absolute atomic E-state index is 13.3. The van der Waals surface area contributed by atoms with Gasteiger partial charge in [0.25, 0.3) is 6.43 Å². The van der Waals surface area contributed by atoms with E-state index < -0.39 is 28.7 Å². The molecule has 0 fully saturated rings. The zero-order valence-electron chi connectivity index (χ0n) is 16.6. The Labute approximate surface area is 194 Å². The number of nitrogens with one attached hydrogen (secondary N) is 1. The van der Waals surface area contributed by atoms with Crippen molar-refractivity contribution < 1.29 is 56.6 Å². The number of halogens is 2. The van der Waals surface area contributed by atoms with Gasteiger partial charge in [-0.15, -0.1) is 0 Å². The van der Waals surface area contributed by atoms with Crippen molar-refractivity contribution in [2.75, 3.05) is 7.11 Å². The molecule has 0 saturated heterocycles. The van der Waals surface area contributed by atoms with Gasteiger partial charge in [-0.25, -0.2) is 21.9 Å². The number of hydrogen-bond donors (Lipinski definition) is 1. The Morgan fingerprint density at radius 2 is 1.90 bits per heavy atom. The number of benzene rings is 2. The van der Waals surface area contributed by atoms with E-state index in [-0.39, 0.29) is 45.7 Å². The molecule has 1 aromatic heterocycles. The number of aliphatic hydroxyl groups excluding tert-OH is 1. The number of nitrogens with zero attached hydrogens (tertiary/aromatic N) is 2. The fraction of sp³-hybridized carbons (Fsp3) is 0.211. The molecule has 0 atom stereocenters. The third kappa shape index (κ3) is 4.90. The van der Waals surface area contributed by atoms with Gasteiger partial charge >= 0.3 is 29.6 Å². The summed E-state index contributed by atoms with van der Waals surface area (Å²) in [6.45, 7) is 1.18. The second-order valence-electron chi connectivity index (χ2n) is 6.30. The number of aryl methyl sites for hydroxylation is 1. The summed E-state index contributed by atoms with van der Waals surface area (Å²) in [5.74, 6) is 0.640. The van der Waals surface area contributed by atoms with Crippen LogP contribution in [-0.2, 0) is 16.6 Å². The van der Waals surface area contributed by atoms with E-state index in [0.717, 1.165) is 11.6 Å². The summed E-state index contributed by atoms with van der Waals surface area (Å²) in [7, 11) is -2.77. The maximum atomic E-state index is 13.3. The van der Waals surface area contributed by atoms with Gasteiger partial charge < -0.3 is 15.0 Å². The SMILES string of the molecule is COc1ccc(-c2cc(C(F)F)nn2-c2ccc(S([NH-])(=O)=O)c(CO)c2)cc1C.[Na+]. The van der Waals surface area contributed by atoms with Crippen molar-refractivity contribution in [1.29, 1.82) is 0 Å². The number of alkyl halides is 2. The standard InChI is InChI=1S/C19H18F2N3O4S.Na/c1-11-7-12(3-5-17(11)28-2)16-9-15(19(20)21)23-24(16)14-4-6-18(29(22,26)27)13(8-14)10-25;/h3-9,19,25H,10H2,1-2H3,(H-,22,26,27);/q-1;+1. The van der Waals surface area contributed by atoms with E-state index in [0.29, 0.717) is 17.0 Å². The van der Waals surface area contributed by atoms with Crippen LogP contribution in [0.3, 0.4) is 0 Å². The summed E-state index contributed by atoms with van der Waals surface area (Å²) < 4.78 is 56.2. The number of aromatic nitrogens is 2. The molecule has 0 spiro atoms. The van der Waals surface area contributed by atoms with Crippen LogP contribution in [0.25, 0.3) is 22.1 Å². The number of aliphatic hydroxyl groups is 1. The molecule has 0 aliphatic rings. The maximum Gasteiger partial charge on any atom is 1.00 e. The molecule has 30 heavy (non-hydrogen) atoms. The molecule has 0 bridgehead atoms. The molecule has 0 aliphatic carbocycles. The van der Waals surface area contributed by atoms with Crippen LogP contribution in [0, 0.1) is 6.92 Å². The van der Waals surface area contributed by atoms with Crippen molar-refractivity contribution in [2.45, 2.75) is 24.9 Å². The first kappa shape index (κ1) is 24.4. The predicted octanol–water partition coefficient (Wildman–Crippen LogP) is 1.03. The van der Waals surface area contributed by atoms with Crippen LogP contribution in [0.1, 0.15) is 23.2 Å². The molecule has 0 unspecified atom stereocenters. The van der Waals surface area contributed by atoms with Crippen LogP contribution in [-0.4, -0.2) is 30.4 Å². The zero-order chi connectivity index (χ0) is 21.3. The molecule has 154 valence electrons. The molecule has 3 aromatic rings. The minimum atomic E-state index is -4.30. The van der Waals surface area contributed by atoms with Crippen molar-refractivity contribution in [3.63, 3.8) is 0 Å². The first-order valence-electron chi connectivity index (χ1n) is 8.42. The number of rotatable bonds is 6. The van der Waals surface area contributed by atoms with E-state index in [2.05, 4.69) is 5.10 Å². The van der Waals surface area contributed by atoms with Crippen molar-refractivity contribution in [3.8, 4) is 22.7 Å². The van der Waals surface area contributed by atoms with Gasteiger partial charge in [-0.3, -0.25) is 0 Å². The van der Waals surface area contributed by atoms with Gasteiger partial charge in [-0.1, -0.05) is 0 Å². The molecule has 0 aliphatic heterocycles. The average Bonchev–Trinajstić information content (AvgIpc) is 3.12. The minimum absolute atomic E-state index is 0. The summed E-state index contributed by atoms with van der Waals surface area (Å²) in [5, 5.41) is 20.7. The Morgan fingerprint density at radius 1 is 1.20 bits per heavy atom. The third-order valence-electron chi connectivity index (χ3n) is 4.39. The van der Waals surface area contributed by atoms with Crippen molar-refractivity contribution in [3.05, 3.63) is 64.4 Å². The number of ether oxygens (including phenoxy) is 1. The Kier molecular flexibility index (Phi) is 7.78. The molecule has 11 heteroatoms. The van der Waals surface area contributed by atoms with Gasteiger partial charge in [0.15, 0.2) is 0 Å². The molecule has 0 amide bonds. The van der Waals surface area contributed by atoms with Crippen LogP contribution < -0.4 is 34.3 Å². The third-order valence-corrected chi connectivity index (χ3v) is 5.37. The van der Waals surface area contributed by atoms with Crippen molar-refractivity contribution in [1.82, 2.24) is 9.78 Å². The van der Waals surface area contributed by atoms with Gasteiger partial charge in [0.2, 0.25) is 0 Å². The molecule has 1 heterocycles. The van der Waals surface area contributed by atoms with Gasteiger partial charge in [0.05, 0.1) is 40.0 Å². The number of methoxy groups -OCH3 is 1. The zero-order valence-corrected chi connectivity index (χ0v) is 19.4. The molecule has 0 radical (unpaired) electrons. The van der Waals surface area contributed by atoms with E-state index in [1.807, 2.05) is 6.92 Å². The van der Waals surface area contributed by atoms with Crippen LogP contribution in [0.5, 0.6) is 5.75 Å². The molecule has 0 saturated carbocycles. The van der Waals surface area contributed by atoms with Gasteiger partial charge in [0, 0.05) is 5.56 Å². The fourth-order valence-corrected chi connectivity index (χ4v) is 3.75. The minimum Gasteiger partial charge on any atom is -0.560 e. The Balaban J connectivity index is 0.00000320. The average molecular weight is 445 g/mol. The Bertz CT molecular complexity index is 1170. The first-order valence-corrected chi connectivity index (χ1v) is 9.91. The van der Waals surface area contributed by atoms with E-state index in [4.69, 9.17) is 9.88 Å². The number of sulfonamides is 1. The summed E-state index contributed by atoms with van der Waals surface area (Å²) >= 11 is 0. The molecule has 3 rings (SSSR count). The van der Waals surface area contributed by atoms with Crippen LogP contribution in [0.15, 0.2) is 47.4 Å². The monoisotopic (exact) mass is 445 g/mol. The van der Waals surface area contributed by atoms with E-state index in [9.17, 15) is 22.3 Å². The van der Waals surface area contributed by atoms with Gasteiger partial charge in [-0.2, -0.15) is 5.10 Å². The second kappa shape index (κ2) is 9.54. The molecule has 2 aromatic carbocycles. The fourth-order valence-electron chi connectivity index (χ4n) is 3.03. The summed E-state index contributed by atoms with van der Waals surface area (Å²) in [4.78, 5) is -0.355. The van der Waals surface area contributed by atoms with Crippen LogP contribution in [0.2, 0.25) is 0 Å². The Morgan fingerprint density at radius 3 is 2.43 bits per heavy atom.